The van der Waals surface area contributed by atoms with E-state index in [1.54, 1.807) is 0 Å². The van der Waals surface area contributed by atoms with Gasteiger partial charge in [0.1, 0.15) is 11.2 Å². The first kappa shape index (κ1) is 21.2. The molecule has 0 amide bonds. The normalized spacial score (nSPS) is 11.8. The van der Waals surface area contributed by atoms with Gasteiger partial charge in [-0.05, 0) is 79.7 Å². The molecule has 0 atom stereocenters. The summed E-state index contributed by atoms with van der Waals surface area (Å²) in [6.07, 6.45) is 0. The Bertz CT molecular complexity index is 2190. The molecule has 0 aliphatic rings. The first-order valence-electron chi connectivity index (χ1n) is 13.1. The average Bonchev–Trinajstić information content (AvgIpc) is 3.33. The highest BCUT2D eigenvalue weighted by molar-refractivity contribution is 6.24. The van der Waals surface area contributed by atoms with E-state index in [0.29, 0.717) is 0 Å². The molecule has 7 aromatic carbocycles. The highest BCUT2D eigenvalue weighted by Gasteiger charge is 2.19. The Morgan fingerprint density at radius 2 is 1.08 bits per heavy atom. The van der Waals surface area contributed by atoms with Gasteiger partial charge in [-0.3, -0.25) is 0 Å². The summed E-state index contributed by atoms with van der Waals surface area (Å²) in [6, 6.07) is 46.1. The topological polar surface area (TPSA) is 13.1 Å². The third-order valence-corrected chi connectivity index (χ3v) is 7.90. The SMILES string of the molecule is Cc1ccc2c(-c3cccc4ccccc34)c3ccccc3c(-c3ccc4oc5ccccc5c4c3)c2c1. The quantitative estimate of drug-likeness (QED) is 0.222. The molecule has 8 aromatic rings. The van der Waals surface area contributed by atoms with Crippen LogP contribution in [0.3, 0.4) is 0 Å². The summed E-state index contributed by atoms with van der Waals surface area (Å²) in [5.41, 5.74) is 8.16. The highest BCUT2D eigenvalue weighted by atomic mass is 16.3. The summed E-state index contributed by atoms with van der Waals surface area (Å²) in [7, 11) is 0. The Kier molecular flexibility index (Phi) is 4.50. The lowest BCUT2D eigenvalue weighted by atomic mass is 9.84. The van der Waals surface area contributed by atoms with Crippen molar-refractivity contribution in [3.05, 3.63) is 133 Å². The maximum absolute atomic E-state index is 6.16. The molecule has 0 radical (unpaired) electrons. The molecule has 0 N–H and O–H groups in total. The fourth-order valence-electron chi connectivity index (χ4n) is 6.22. The molecule has 38 heavy (non-hydrogen) atoms. The molecular weight excluding hydrogens is 460 g/mol. The van der Waals surface area contributed by atoms with Crippen molar-refractivity contribution in [3.63, 3.8) is 0 Å². The van der Waals surface area contributed by atoms with Gasteiger partial charge >= 0.3 is 0 Å². The summed E-state index contributed by atoms with van der Waals surface area (Å²) in [5, 5.41) is 9.93. The van der Waals surface area contributed by atoms with Crippen LogP contribution in [0.1, 0.15) is 5.56 Å². The van der Waals surface area contributed by atoms with Crippen molar-refractivity contribution in [2.75, 3.05) is 0 Å². The molecule has 0 aliphatic carbocycles. The number of aryl methyl sites for hydroxylation is 1. The summed E-state index contributed by atoms with van der Waals surface area (Å²) >= 11 is 0. The van der Waals surface area contributed by atoms with Gasteiger partial charge in [0.25, 0.3) is 0 Å². The summed E-state index contributed by atoms with van der Waals surface area (Å²) in [6.45, 7) is 2.18. The highest BCUT2D eigenvalue weighted by Crippen LogP contribution is 2.46. The second kappa shape index (κ2) is 8.06. The lowest BCUT2D eigenvalue weighted by molar-refractivity contribution is 0.669. The number of hydrogen-bond acceptors (Lipinski definition) is 1. The van der Waals surface area contributed by atoms with Gasteiger partial charge < -0.3 is 4.42 Å². The summed E-state index contributed by atoms with van der Waals surface area (Å²) in [5.74, 6) is 0. The van der Waals surface area contributed by atoms with E-state index < -0.39 is 0 Å². The minimum atomic E-state index is 0.923. The number of rotatable bonds is 2. The predicted molar refractivity (Wildman–Crippen MR) is 162 cm³/mol. The molecule has 1 nitrogen and oxygen atoms in total. The van der Waals surface area contributed by atoms with E-state index in [1.807, 2.05) is 12.1 Å². The standard InChI is InChI=1S/C37H24O/c1-23-17-19-31-33(21-23)36(25-18-20-35-32(22-25)27-12-6-7-16-34(27)38-35)29-13-4-5-14-30(29)37(31)28-15-8-10-24-9-2-3-11-26(24)28/h2-22H,1H3. The van der Waals surface area contributed by atoms with Crippen molar-refractivity contribution >= 4 is 54.3 Å². The summed E-state index contributed by atoms with van der Waals surface area (Å²) < 4.78 is 6.16. The van der Waals surface area contributed by atoms with Crippen LogP contribution in [0, 0.1) is 6.92 Å². The minimum Gasteiger partial charge on any atom is -0.456 e. The molecule has 0 spiro atoms. The van der Waals surface area contributed by atoms with Crippen LogP contribution >= 0.6 is 0 Å². The van der Waals surface area contributed by atoms with Gasteiger partial charge in [0.15, 0.2) is 0 Å². The zero-order valence-electron chi connectivity index (χ0n) is 21.0. The van der Waals surface area contributed by atoms with Gasteiger partial charge in [-0.15, -0.1) is 0 Å². The van der Waals surface area contributed by atoms with Crippen molar-refractivity contribution in [1.82, 2.24) is 0 Å². The van der Waals surface area contributed by atoms with Gasteiger partial charge in [0.2, 0.25) is 0 Å². The van der Waals surface area contributed by atoms with Gasteiger partial charge in [-0.25, -0.2) is 0 Å². The predicted octanol–water partition coefficient (Wildman–Crippen LogP) is 10.7. The molecule has 0 unspecified atom stereocenters. The molecular formula is C37H24O. The molecule has 0 bridgehead atoms. The monoisotopic (exact) mass is 484 g/mol. The summed E-state index contributed by atoms with van der Waals surface area (Å²) in [4.78, 5) is 0. The van der Waals surface area contributed by atoms with Crippen LogP contribution in [-0.4, -0.2) is 0 Å². The average molecular weight is 485 g/mol. The van der Waals surface area contributed by atoms with Crippen LogP contribution in [0.4, 0.5) is 0 Å². The van der Waals surface area contributed by atoms with E-state index in [-0.39, 0.29) is 0 Å². The smallest absolute Gasteiger partial charge is 0.135 e. The van der Waals surface area contributed by atoms with E-state index in [9.17, 15) is 0 Å². The third-order valence-electron chi connectivity index (χ3n) is 7.90. The number of hydrogen-bond donors (Lipinski definition) is 0. The second-order valence-corrected chi connectivity index (χ2v) is 10.2. The van der Waals surface area contributed by atoms with E-state index in [0.717, 1.165) is 21.9 Å². The lowest BCUT2D eigenvalue weighted by Crippen LogP contribution is -1.92. The van der Waals surface area contributed by atoms with Crippen LogP contribution in [0.2, 0.25) is 0 Å². The van der Waals surface area contributed by atoms with Gasteiger partial charge in [-0.2, -0.15) is 0 Å². The third kappa shape index (κ3) is 3.06. The Labute approximate surface area is 220 Å². The number of benzene rings is 7. The van der Waals surface area contributed by atoms with Crippen LogP contribution in [-0.2, 0) is 0 Å². The molecule has 8 rings (SSSR count). The van der Waals surface area contributed by atoms with Crippen molar-refractivity contribution in [3.8, 4) is 22.3 Å². The van der Waals surface area contributed by atoms with E-state index >= 15 is 0 Å². The molecule has 0 aliphatic heterocycles. The van der Waals surface area contributed by atoms with Crippen molar-refractivity contribution in [1.29, 1.82) is 0 Å². The molecule has 178 valence electrons. The van der Waals surface area contributed by atoms with Crippen LogP contribution < -0.4 is 0 Å². The largest absolute Gasteiger partial charge is 0.456 e. The zero-order valence-corrected chi connectivity index (χ0v) is 21.0. The van der Waals surface area contributed by atoms with Crippen molar-refractivity contribution < 1.29 is 4.42 Å². The van der Waals surface area contributed by atoms with Crippen LogP contribution in [0.5, 0.6) is 0 Å². The molecule has 0 fully saturated rings. The fourth-order valence-corrected chi connectivity index (χ4v) is 6.22. The Balaban J connectivity index is 1.54. The number of furan rings is 1. The molecule has 1 aromatic heterocycles. The Hall–Kier alpha value is -4.88. The van der Waals surface area contributed by atoms with E-state index in [4.69, 9.17) is 4.42 Å². The van der Waals surface area contributed by atoms with Crippen LogP contribution in [0.25, 0.3) is 76.5 Å². The van der Waals surface area contributed by atoms with Crippen molar-refractivity contribution in [2.45, 2.75) is 6.92 Å². The maximum Gasteiger partial charge on any atom is 0.135 e. The first-order chi connectivity index (χ1) is 18.8. The second-order valence-electron chi connectivity index (χ2n) is 10.2. The van der Waals surface area contributed by atoms with Gasteiger partial charge in [0, 0.05) is 10.8 Å². The maximum atomic E-state index is 6.16. The Morgan fingerprint density at radius 1 is 0.421 bits per heavy atom. The minimum absolute atomic E-state index is 0.923. The molecule has 0 saturated heterocycles. The zero-order chi connectivity index (χ0) is 25.2. The Morgan fingerprint density at radius 3 is 1.95 bits per heavy atom. The van der Waals surface area contributed by atoms with Gasteiger partial charge in [-0.1, -0.05) is 115 Å². The lowest BCUT2D eigenvalue weighted by Gasteiger charge is -2.19. The molecule has 1 heteroatoms. The van der Waals surface area contributed by atoms with E-state index in [2.05, 4.69) is 122 Å². The van der Waals surface area contributed by atoms with Crippen molar-refractivity contribution in [2.24, 2.45) is 0 Å². The van der Waals surface area contributed by atoms with E-state index in [1.165, 1.54) is 60.1 Å². The molecule has 1 heterocycles. The number of fused-ring (bicyclic) bond motifs is 6. The van der Waals surface area contributed by atoms with Gasteiger partial charge in [0.05, 0.1) is 0 Å². The number of para-hydroxylation sites is 1. The first-order valence-corrected chi connectivity index (χ1v) is 13.1. The fraction of sp³-hybridized carbons (Fsp3) is 0.0270. The van der Waals surface area contributed by atoms with Crippen LogP contribution in [0.15, 0.2) is 132 Å². The molecule has 0 saturated carbocycles.